The molecule has 0 saturated carbocycles. The van der Waals surface area contributed by atoms with Crippen LogP contribution in [-0.2, 0) is 12.8 Å². The summed E-state index contributed by atoms with van der Waals surface area (Å²) >= 11 is 0. The van der Waals surface area contributed by atoms with E-state index >= 15 is 0 Å². The van der Waals surface area contributed by atoms with Gasteiger partial charge in [-0.05, 0) is 60.9 Å². The van der Waals surface area contributed by atoms with Crippen LogP contribution < -0.4 is 5.73 Å². The predicted octanol–water partition coefficient (Wildman–Crippen LogP) is 9.02. The molecule has 0 radical (unpaired) electrons. The summed E-state index contributed by atoms with van der Waals surface area (Å²) in [5, 5.41) is 9.27. The highest BCUT2D eigenvalue weighted by Gasteiger charge is 2.32. The number of nitrogens with zero attached hydrogens (tertiary/aromatic N) is 1. The molecule has 250 valence electrons. The van der Waals surface area contributed by atoms with E-state index in [2.05, 4.69) is 54.9 Å². The van der Waals surface area contributed by atoms with Crippen LogP contribution in [0.2, 0.25) is 0 Å². The fourth-order valence-electron chi connectivity index (χ4n) is 4.92. The molecule has 1 fully saturated rings. The van der Waals surface area contributed by atoms with E-state index < -0.39 is 24.2 Å². The molecular weight excluding hydrogens is 573 g/mol. The SMILES string of the molecule is CC.CCC(F)(F)CO.CCCCc1[nH]c2ccccc2c1CC(C)C.NC(c1cc(F)cc(F)c1)C1CN(CCCF)C1. The third kappa shape index (κ3) is 13.2. The smallest absolute Gasteiger partial charge is 0.270 e. The molecule has 4 rings (SSSR count). The average Bonchev–Trinajstić information content (AvgIpc) is 3.32. The molecule has 0 bridgehead atoms. The Bertz CT molecular complexity index is 1170. The first-order valence-electron chi connectivity index (χ1n) is 16.0. The van der Waals surface area contributed by atoms with Gasteiger partial charge in [-0.15, -0.1) is 0 Å². The van der Waals surface area contributed by atoms with Gasteiger partial charge in [-0.3, -0.25) is 4.39 Å². The summed E-state index contributed by atoms with van der Waals surface area (Å²) in [4.78, 5) is 5.70. The van der Waals surface area contributed by atoms with Gasteiger partial charge in [0.2, 0.25) is 0 Å². The molecule has 3 aromatic rings. The quantitative estimate of drug-likeness (QED) is 0.176. The third-order valence-electron chi connectivity index (χ3n) is 7.41. The average molecular weight is 628 g/mol. The first kappa shape index (κ1) is 39.5. The molecule has 9 heteroatoms. The number of hydrogen-bond acceptors (Lipinski definition) is 3. The Morgan fingerprint density at radius 3 is 2.14 bits per heavy atom. The van der Waals surface area contributed by atoms with Crippen molar-refractivity contribution in [1.29, 1.82) is 0 Å². The van der Waals surface area contributed by atoms with Gasteiger partial charge in [-0.2, -0.15) is 0 Å². The fraction of sp³-hybridized carbons (Fsp3) is 0.600. The molecular formula is C35H54F5N3O. The third-order valence-corrected chi connectivity index (χ3v) is 7.41. The topological polar surface area (TPSA) is 65.3 Å². The Kier molecular flexibility index (Phi) is 18.4. The van der Waals surface area contributed by atoms with Crippen LogP contribution in [0.1, 0.15) is 90.1 Å². The van der Waals surface area contributed by atoms with Crippen molar-refractivity contribution in [2.45, 2.75) is 92.0 Å². The number of halogens is 5. The van der Waals surface area contributed by atoms with E-state index in [1.165, 1.54) is 61.3 Å². The van der Waals surface area contributed by atoms with Gasteiger partial charge in [0.15, 0.2) is 0 Å². The molecule has 1 atom stereocenters. The molecule has 44 heavy (non-hydrogen) atoms. The molecule has 1 saturated heterocycles. The summed E-state index contributed by atoms with van der Waals surface area (Å²) in [5.74, 6) is -3.16. The number of benzene rings is 2. The second-order valence-electron chi connectivity index (χ2n) is 11.5. The summed E-state index contributed by atoms with van der Waals surface area (Å²) in [6.45, 7) is 13.1. The first-order chi connectivity index (χ1) is 20.9. The highest BCUT2D eigenvalue weighted by Crippen LogP contribution is 2.29. The van der Waals surface area contributed by atoms with Crippen molar-refractivity contribution < 1.29 is 27.1 Å². The van der Waals surface area contributed by atoms with Crippen LogP contribution >= 0.6 is 0 Å². The van der Waals surface area contributed by atoms with Gasteiger partial charge in [0, 0.05) is 60.7 Å². The normalized spacial score (nSPS) is 14.1. The molecule has 1 aromatic heterocycles. The number of nitrogens with two attached hydrogens (primary N) is 1. The number of fused-ring (bicyclic) bond motifs is 1. The van der Waals surface area contributed by atoms with Gasteiger partial charge in [0.25, 0.3) is 5.92 Å². The number of aromatic amines is 1. The summed E-state index contributed by atoms with van der Waals surface area (Å²) < 4.78 is 61.4. The van der Waals surface area contributed by atoms with Gasteiger partial charge >= 0.3 is 0 Å². The lowest BCUT2D eigenvalue weighted by Gasteiger charge is -2.42. The standard InChI is InChI=1S/C16H23N.C13H17F3N2.C4H8F2O.C2H6/c1-4-5-9-16-14(11-12(2)3)13-8-6-7-10-15(13)17-16;14-2-1-3-18-7-10(8-18)13(17)9-4-11(15)6-12(16)5-9;1-2-4(5,6)3-7;1-2/h6-8,10,12,17H,4-5,9,11H2,1-3H3;4-6,10,13H,1-3,7-8,17H2;7H,2-3H2,1H3;1-2H3. The lowest BCUT2D eigenvalue weighted by molar-refractivity contribution is -0.0522. The van der Waals surface area contributed by atoms with Crippen molar-refractivity contribution in [2.75, 3.05) is 32.9 Å². The molecule has 0 aliphatic carbocycles. The van der Waals surface area contributed by atoms with Crippen LogP contribution in [0, 0.1) is 23.5 Å². The Hall–Kier alpha value is -2.49. The van der Waals surface area contributed by atoms with Crippen LogP contribution in [0.4, 0.5) is 22.0 Å². The van der Waals surface area contributed by atoms with E-state index in [0.717, 1.165) is 31.6 Å². The van der Waals surface area contributed by atoms with E-state index in [4.69, 9.17) is 10.8 Å². The Balaban J connectivity index is 0.000000348. The number of unbranched alkanes of at least 4 members (excludes halogenated alkanes) is 1. The lowest BCUT2D eigenvalue weighted by atomic mass is 9.87. The molecule has 0 amide bonds. The molecule has 1 unspecified atom stereocenters. The van der Waals surface area contributed by atoms with Crippen molar-refractivity contribution in [2.24, 2.45) is 17.6 Å². The van der Waals surface area contributed by atoms with Gasteiger partial charge in [0.1, 0.15) is 18.2 Å². The number of aromatic nitrogens is 1. The number of nitrogens with one attached hydrogen (secondary N) is 1. The summed E-state index contributed by atoms with van der Waals surface area (Å²) in [6, 6.07) is 11.7. The van der Waals surface area contributed by atoms with Crippen molar-refractivity contribution in [1.82, 2.24) is 9.88 Å². The van der Waals surface area contributed by atoms with E-state index in [1.54, 1.807) is 5.56 Å². The Labute approximate surface area is 261 Å². The van der Waals surface area contributed by atoms with Crippen molar-refractivity contribution in [3.8, 4) is 0 Å². The highest BCUT2D eigenvalue weighted by atomic mass is 19.3. The number of rotatable bonds is 12. The zero-order valence-corrected chi connectivity index (χ0v) is 27.4. The maximum absolute atomic E-state index is 13.1. The van der Waals surface area contributed by atoms with Crippen molar-refractivity contribution in [3.63, 3.8) is 0 Å². The molecule has 2 heterocycles. The predicted molar refractivity (Wildman–Crippen MR) is 173 cm³/mol. The fourth-order valence-corrected chi connectivity index (χ4v) is 4.92. The molecule has 4 N–H and O–H groups in total. The summed E-state index contributed by atoms with van der Waals surface area (Å²) in [6.07, 6.45) is 5.14. The number of para-hydroxylation sites is 1. The minimum Gasteiger partial charge on any atom is -0.390 e. The van der Waals surface area contributed by atoms with Crippen molar-refractivity contribution >= 4 is 10.9 Å². The zero-order chi connectivity index (χ0) is 33.3. The number of alkyl halides is 3. The number of likely N-dealkylation sites (tertiary alicyclic amines) is 1. The van der Waals surface area contributed by atoms with Crippen molar-refractivity contribution in [3.05, 3.63) is 70.9 Å². The van der Waals surface area contributed by atoms with Crippen LogP contribution in [0.5, 0.6) is 0 Å². The number of aryl methyl sites for hydroxylation is 1. The number of aliphatic hydroxyl groups is 1. The highest BCUT2D eigenvalue weighted by molar-refractivity contribution is 5.84. The van der Waals surface area contributed by atoms with Crippen LogP contribution in [0.15, 0.2) is 42.5 Å². The van der Waals surface area contributed by atoms with Crippen LogP contribution in [0.25, 0.3) is 10.9 Å². The zero-order valence-electron chi connectivity index (χ0n) is 27.4. The van der Waals surface area contributed by atoms with Crippen LogP contribution in [0.3, 0.4) is 0 Å². The minimum atomic E-state index is -2.86. The molecule has 0 spiro atoms. The lowest BCUT2D eigenvalue weighted by Crippen LogP contribution is -2.51. The maximum Gasteiger partial charge on any atom is 0.270 e. The van der Waals surface area contributed by atoms with Gasteiger partial charge in [-0.25, -0.2) is 17.6 Å². The van der Waals surface area contributed by atoms with E-state index in [0.29, 0.717) is 12.0 Å². The minimum absolute atomic E-state index is 0.186. The molecule has 1 aliphatic heterocycles. The van der Waals surface area contributed by atoms with E-state index in [9.17, 15) is 22.0 Å². The molecule has 4 nitrogen and oxygen atoms in total. The Morgan fingerprint density at radius 2 is 1.64 bits per heavy atom. The molecule has 2 aromatic carbocycles. The summed E-state index contributed by atoms with van der Waals surface area (Å²) in [5.41, 5.74) is 10.8. The maximum atomic E-state index is 13.1. The van der Waals surface area contributed by atoms with Gasteiger partial charge in [-0.1, -0.05) is 66.2 Å². The number of hydrogen-bond donors (Lipinski definition) is 3. The second kappa shape index (κ2) is 20.5. The van der Waals surface area contributed by atoms with Crippen LogP contribution in [-0.4, -0.2) is 53.8 Å². The van der Waals surface area contributed by atoms with E-state index in [-0.39, 0.29) is 25.1 Å². The van der Waals surface area contributed by atoms with Gasteiger partial charge < -0.3 is 20.7 Å². The monoisotopic (exact) mass is 627 g/mol. The molecule has 1 aliphatic rings. The number of aliphatic hydroxyl groups excluding tert-OH is 1. The summed E-state index contributed by atoms with van der Waals surface area (Å²) in [7, 11) is 0. The second-order valence-corrected chi connectivity index (χ2v) is 11.5. The van der Waals surface area contributed by atoms with E-state index in [1.807, 2.05) is 13.8 Å². The largest absolute Gasteiger partial charge is 0.390 e. The number of H-pyrrole nitrogens is 1. The first-order valence-corrected chi connectivity index (χ1v) is 16.0. The van der Waals surface area contributed by atoms with Gasteiger partial charge in [0.05, 0.1) is 6.67 Å². The Morgan fingerprint density at radius 1 is 1.02 bits per heavy atom.